The monoisotopic (exact) mass is 673 g/mol. The van der Waals surface area contributed by atoms with Crippen molar-refractivity contribution in [1.29, 1.82) is 0 Å². The number of halogens is 3. The summed E-state index contributed by atoms with van der Waals surface area (Å²) < 4.78 is 8.31. The molecule has 9 nitrogen and oxygen atoms in total. The zero-order valence-electron chi connectivity index (χ0n) is 26.2. The number of aromatic nitrogens is 3. The van der Waals surface area contributed by atoms with E-state index in [1.54, 1.807) is 49.3 Å². The number of ether oxygens (including phenoxy) is 1. The predicted molar refractivity (Wildman–Crippen MR) is 179 cm³/mol. The van der Waals surface area contributed by atoms with E-state index in [2.05, 4.69) is 10.4 Å². The van der Waals surface area contributed by atoms with Crippen molar-refractivity contribution in [2.45, 2.75) is 66.2 Å². The molecule has 1 N–H and O–H groups in total. The summed E-state index contributed by atoms with van der Waals surface area (Å²) in [5.74, 6) is -0.457. The molecule has 4 aromatic rings. The van der Waals surface area contributed by atoms with Crippen molar-refractivity contribution in [3.05, 3.63) is 103 Å². The van der Waals surface area contributed by atoms with Crippen LogP contribution in [0.1, 0.15) is 74.4 Å². The maximum absolute atomic E-state index is 14.3. The third-order valence-corrected chi connectivity index (χ3v) is 8.36. The molecule has 0 saturated carbocycles. The van der Waals surface area contributed by atoms with E-state index in [1.165, 1.54) is 10.6 Å². The second-order valence-electron chi connectivity index (χ2n) is 12.2. The summed E-state index contributed by atoms with van der Waals surface area (Å²) in [5, 5.41) is 8.11. The summed E-state index contributed by atoms with van der Waals surface area (Å²) in [6, 6.07) is 15.6. The molecule has 0 saturated heterocycles. The second-order valence-corrected chi connectivity index (χ2v) is 13.4. The van der Waals surface area contributed by atoms with Crippen LogP contribution < -0.4 is 11.0 Å². The zero-order valence-corrected chi connectivity index (χ0v) is 28.5. The summed E-state index contributed by atoms with van der Waals surface area (Å²) in [6.07, 6.45) is -0.133. The Kier molecular flexibility index (Phi) is 10.9. The van der Waals surface area contributed by atoms with Gasteiger partial charge in [-0.1, -0.05) is 79.0 Å². The Morgan fingerprint density at radius 1 is 1.02 bits per heavy atom. The number of nitrogens with one attached hydrogen (secondary N) is 1. The first kappa shape index (κ1) is 34.3. The molecule has 45 heavy (non-hydrogen) atoms. The van der Waals surface area contributed by atoms with E-state index < -0.39 is 17.7 Å². The van der Waals surface area contributed by atoms with Crippen LogP contribution in [0.5, 0.6) is 0 Å². The minimum absolute atomic E-state index is 0.151. The van der Waals surface area contributed by atoms with Crippen LogP contribution in [-0.2, 0) is 11.3 Å². The van der Waals surface area contributed by atoms with Gasteiger partial charge in [-0.25, -0.2) is 9.59 Å². The Labute approximate surface area is 278 Å². The average Bonchev–Trinajstić information content (AvgIpc) is 3.25. The molecule has 0 radical (unpaired) electrons. The highest BCUT2D eigenvalue weighted by atomic mass is 35.5. The molecule has 0 spiro atoms. The van der Waals surface area contributed by atoms with Crippen LogP contribution in [0.4, 0.5) is 4.79 Å². The average molecular weight is 675 g/mol. The minimum atomic E-state index is -0.642. The van der Waals surface area contributed by atoms with Crippen molar-refractivity contribution in [3.8, 4) is 0 Å². The third-order valence-electron chi connectivity index (χ3n) is 7.15. The predicted octanol–water partition coefficient (Wildman–Crippen LogP) is 7.57. The van der Waals surface area contributed by atoms with Gasteiger partial charge in [0.05, 0.1) is 38.9 Å². The van der Waals surface area contributed by atoms with E-state index in [1.807, 2.05) is 50.2 Å². The number of amides is 2. The van der Waals surface area contributed by atoms with Gasteiger partial charge in [-0.05, 0) is 69.9 Å². The molecule has 0 aliphatic rings. The molecule has 0 bridgehead atoms. The SMILES string of the molecule is Cc1nn2c(=O)n(Cc3ccccc3)c(C(C(C)C)N(CCCNC(=O)OC(C)(C)C)C(=O)c3ccc(Cl)c(Cl)c3)cc2c1Cl. The fraction of sp³-hybridized carbons (Fsp3) is 0.394. The molecule has 1 unspecified atom stereocenters. The Morgan fingerprint density at radius 2 is 1.71 bits per heavy atom. The van der Waals surface area contributed by atoms with Gasteiger partial charge in [0.2, 0.25) is 0 Å². The van der Waals surface area contributed by atoms with Gasteiger partial charge in [-0.3, -0.25) is 9.36 Å². The number of benzene rings is 2. The molecular formula is C33H38Cl3N5O4. The molecular weight excluding hydrogens is 637 g/mol. The molecule has 2 aromatic heterocycles. The van der Waals surface area contributed by atoms with Crippen molar-refractivity contribution in [2.75, 3.05) is 13.1 Å². The number of alkyl carbamates (subject to hydrolysis) is 1. The molecule has 2 aromatic carbocycles. The van der Waals surface area contributed by atoms with Gasteiger partial charge in [-0.2, -0.15) is 9.61 Å². The lowest BCUT2D eigenvalue weighted by atomic mass is 9.96. The fourth-order valence-electron chi connectivity index (χ4n) is 5.19. The second kappa shape index (κ2) is 14.3. The topological polar surface area (TPSA) is 97.9 Å². The fourth-order valence-corrected chi connectivity index (χ4v) is 5.66. The molecule has 2 heterocycles. The van der Waals surface area contributed by atoms with E-state index in [9.17, 15) is 14.4 Å². The van der Waals surface area contributed by atoms with Crippen LogP contribution in [0, 0.1) is 12.8 Å². The summed E-state index contributed by atoms with van der Waals surface area (Å²) >= 11 is 19.1. The molecule has 240 valence electrons. The first-order valence-electron chi connectivity index (χ1n) is 14.7. The van der Waals surface area contributed by atoms with Crippen LogP contribution in [0.15, 0.2) is 59.4 Å². The maximum atomic E-state index is 14.3. The first-order valence-corrected chi connectivity index (χ1v) is 15.9. The number of hydrogen-bond acceptors (Lipinski definition) is 5. The molecule has 1 atom stereocenters. The smallest absolute Gasteiger partial charge is 0.407 e. The minimum Gasteiger partial charge on any atom is -0.444 e. The first-order chi connectivity index (χ1) is 21.2. The van der Waals surface area contributed by atoms with Crippen LogP contribution in [0.3, 0.4) is 0 Å². The van der Waals surface area contributed by atoms with Crippen LogP contribution in [-0.4, -0.2) is 49.8 Å². The summed E-state index contributed by atoms with van der Waals surface area (Å²) in [4.78, 5) is 42.4. The third kappa shape index (κ3) is 8.20. The van der Waals surface area contributed by atoms with Gasteiger partial charge >= 0.3 is 11.8 Å². The van der Waals surface area contributed by atoms with E-state index in [4.69, 9.17) is 39.5 Å². The van der Waals surface area contributed by atoms with Crippen molar-refractivity contribution < 1.29 is 14.3 Å². The van der Waals surface area contributed by atoms with Crippen LogP contribution >= 0.6 is 34.8 Å². The molecule has 4 rings (SSSR count). The van der Waals surface area contributed by atoms with Gasteiger partial charge in [0.25, 0.3) is 5.91 Å². The van der Waals surface area contributed by atoms with Gasteiger partial charge in [0.15, 0.2) is 0 Å². The van der Waals surface area contributed by atoms with Gasteiger partial charge in [0, 0.05) is 24.3 Å². The van der Waals surface area contributed by atoms with Crippen LogP contribution in [0.25, 0.3) is 5.52 Å². The standard InChI is InChI=1S/C33H38Cl3N5O4/c1-20(2)29(27-18-26-28(36)21(3)38-41(26)32(44)40(27)19-22-11-8-7-9-12-22)39(16-10-15-37-31(43)45-33(4,5)6)30(42)23-13-14-24(34)25(35)17-23/h7-9,11-14,17-18,20,29H,10,15-16,19H2,1-6H3,(H,37,43). The molecule has 12 heteroatoms. The van der Waals surface area contributed by atoms with Crippen molar-refractivity contribution >= 4 is 52.3 Å². The molecule has 0 aliphatic heterocycles. The highest BCUT2D eigenvalue weighted by Crippen LogP contribution is 2.33. The van der Waals surface area contributed by atoms with Gasteiger partial charge < -0.3 is 15.0 Å². The maximum Gasteiger partial charge on any atom is 0.407 e. The molecule has 0 fully saturated rings. The number of aryl methyl sites for hydroxylation is 1. The van der Waals surface area contributed by atoms with Gasteiger partial charge in [-0.15, -0.1) is 0 Å². The lowest BCUT2D eigenvalue weighted by Crippen LogP contribution is -2.43. The quantitative estimate of drug-likeness (QED) is 0.175. The van der Waals surface area contributed by atoms with Crippen LogP contribution in [0.2, 0.25) is 15.1 Å². The Morgan fingerprint density at radius 3 is 2.33 bits per heavy atom. The zero-order chi connectivity index (χ0) is 33.1. The Hall–Kier alpha value is -3.53. The van der Waals surface area contributed by atoms with E-state index >= 15 is 0 Å². The van der Waals surface area contributed by atoms with E-state index in [-0.39, 0.29) is 42.2 Å². The summed E-state index contributed by atoms with van der Waals surface area (Å²) in [5.41, 5.74) is 1.81. The van der Waals surface area contributed by atoms with E-state index in [0.717, 1.165) is 5.56 Å². The number of rotatable bonds is 10. The lowest BCUT2D eigenvalue weighted by molar-refractivity contribution is 0.0520. The van der Waals surface area contributed by atoms with Crippen molar-refractivity contribution in [2.24, 2.45) is 5.92 Å². The summed E-state index contributed by atoms with van der Waals surface area (Å²) in [6.45, 7) is 11.8. The number of nitrogens with zero attached hydrogens (tertiary/aromatic N) is 4. The largest absolute Gasteiger partial charge is 0.444 e. The molecule has 0 aliphatic carbocycles. The lowest BCUT2D eigenvalue weighted by Gasteiger charge is -2.36. The highest BCUT2D eigenvalue weighted by Gasteiger charge is 2.32. The molecule has 2 amide bonds. The Bertz CT molecular complexity index is 1750. The van der Waals surface area contributed by atoms with E-state index in [0.29, 0.717) is 38.9 Å². The van der Waals surface area contributed by atoms with Gasteiger partial charge in [0.1, 0.15) is 5.60 Å². The number of hydrogen-bond donors (Lipinski definition) is 1. The van der Waals surface area contributed by atoms with Crippen molar-refractivity contribution in [1.82, 2.24) is 24.4 Å². The number of carbonyl (C=O) groups is 2. The Balaban J connectivity index is 1.82. The van der Waals surface area contributed by atoms with Crippen molar-refractivity contribution in [3.63, 3.8) is 0 Å². The summed E-state index contributed by atoms with van der Waals surface area (Å²) in [7, 11) is 0. The highest BCUT2D eigenvalue weighted by molar-refractivity contribution is 6.42. The normalized spacial score (nSPS) is 12.4. The number of fused-ring (bicyclic) bond motifs is 1. The number of carbonyl (C=O) groups excluding carboxylic acids is 2.